The predicted molar refractivity (Wildman–Crippen MR) is 74.0 cm³/mol. The molecule has 0 atom stereocenters. The third-order valence-electron chi connectivity index (χ3n) is 2.65. The zero-order chi connectivity index (χ0) is 13.8. The van der Waals surface area contributed by atoms with Crippen molar-refractivity contribution in [2.24, 2.45) is 0 Å². The van der Waals surface area contributed by atoms with Crippen LogP contribution in [0.1, 0.15) is 20.8 Å². The minimum atomic E-state index is 0.135. The fourth-order valence-corrected chi connectivity index (χ4v) is 2.51. The van der Waals surface area contributed by atoms with Crippen molar-refractivity contribution in [2.45, 2.75) is 39.0 Å². The number of nitrogens with zero attached hydrogens (tertiary/aromatic N) is 5. The van der Waals surface area contributed by atoms with E-state index in [2.05, 4.69) is 15.3 Å². The highest BCUT2D eigenvalue weighted by Crippen LogP contribution is 2.23. The molecule has 2 rings (SSSR count). The van der Waals surface area contributed by atoms with Gasteiger partial charge in [-0.15, -0.1) is 10.2 Å². The van der Waals surface area contributed by atoms with Crippen molar-refractivity contribution in [3.63, 3.8) is 0 Å². The Kier molecular flexibility index (Phi) is 4.36. The fraction of sp³-hybridized carbons (Fsp3) is 0.500. The number of thioether (sulfide) groups is 1. The molecule has 0 aromatic carbocycles. The number of rotatable bonds is 6. The molecular weight excluding hydrogens is 262 g/mol. The van der Waals surface area contributed by atoms with E-state index in [4.69, 9.17) is 0 Å². The van der Waals surface area contributed by atoms with Gasteiger partial charge < -0.3 is 4.57 Å². The van der Waals surface area contributed by atoms with Crippen molar-refractivity contribution in [1.29, 1.82) is 0 Å². The summed E-state index contributed by atoms with van der Waals surface area (Å²) in [6, 6.07) is 0. The number of hydrogen-bond acceptors (Lipinski definition) is 5. The molecule has 6 nitrogen and oxygen atoms in total. The molecule has 19 heavy (non-hydrogen) atoms. The Balaban J connectivity index is 2.28. The molecule has 0 N–H and O–H groups in total. The minimum absolute atomic E-state index is 0.135. The van der Waals surface area contributed by atoms with Crippen molar-refractivity contribution in [3.8, 4) is 11.4 Å². The zero-order valence-electron chi connectivity index (χ0n) is 11.3. The number of aromatic nitrogens is 5. The lowest BCUT2D eigenvalue weighted by Crippen LogP contribution is -2.01. The maximum atomic E-state index is 11.0. The Hall–Kier alpha value is -1.63. The first kappa shape index (κ1) is 13.8. The van der Waals surface area contributed by atoms with Gasteiger partial charge in [0.05, 0.1) is 17.5 Å². The molecule has 0 radical (unpaired) electrons. The van der Waals surface area contributed by atoms with E-state index in [0.29, 0.717) is 5.75 Å². The SMILES string of the molecule is CCn1cc(-c2nnc(SCC(C)=O)n2CC)cn1. The summed E-state index contributed by atoms with van der Waals surface area (Å²) in [6.45, 7) is 7.24. The van der Waals surface area contributed by atoms with E-state index in [0.717, 1.165) is 29.6 Å². The van der Waals surface area contributed by atoms with E-state index in [9.17, 15) is 4.79 Å². The van der Waals surface area contributed by atoms with Crippen LogP contribution < -0.4 is 0 Å². The van der Waals surface area contributed by atoms with Crippen LogP contribution in [0.5, 0.6) is 0 Å². The molecule has 0 saturated heterocycles. The molecule has 0 spiro atoms. The minimum Gasteiger partial charge on any atom is -0.302 e. The van der Waals surface area contributed by atoms with E-state index in [-0.39, 0.29) is 5.78 Å². The molecule has 102 valence electrons. The van der Waals surface area contributed by atoms with E-state index >= 15 is 0 Å². The second-order valence-corrected chi connectivity index (χ2v) is 5.07. The summed E-state index contributed by atoms with van der Waals surface area (Å²) in [5.41, 5.74) is 0.950. The number of Topliss-reactive ketones (excluding diaryl/α,β-unsaturated/α-hetero) is 1. The Morgan fingerprint density at radius 1 is 1.32 bits per heavy atom. The van der Waals surface area contributed by atoms with E-state index < -0.39 is 0 Å². The number of carbonyl (C=O) groups excluding carboxylic acids is 1. The lowest BCUT2D eigenvalue weighted by atomic mass is 10.3. The molecule has 0 aliphatic heterocycles. The summed E-state index contributed by atoms with van der Waals surface area (Å²) >= 11 is 1.42. The van der Waals surface area contributed by atoms with Crippen LogP contribution in [-0.2, 0) is 17.9 Å². The lowest BCUT2D eigenvalue weighted by Gasteiger charge is -2.04. The number of carbonyl (C=O) groups is 1. The van der Waals surface area contributed by atoms with Crippen LogP contribution in [0.2, 0.25) is 0 Å². The average molecular weight is 279 g/mol. The highest BCUT2D eigenvalue weighted by molar-refractivity contribution is 7.99. The molecule has 2 aromatic rings. The molecule has 0 aliphatic carbocycles. The second kappa shape index (κ2) is 6.01. The average Bonchev–Trinajstić information content (AvgIpc) is 3.01. The molecule has 0 fully saturated rings. The van der Waals surface area contributed by atoms with E-state index in [1.165, 1.54) is 11.8 Å². The van der Waals surface area contributed by atoms with Crippen LogP contribution in [0.4, 0.5) is 0 Å². The molecule has 0 aliphatic rings. The third-order valence-corrected chi connectivity index (χ3v) is 3.76. The van der Waals surface area contributed by atoms with Gasteiger partial charge in [-0.1, -0.05) is 11.8 Å². The van der Waals surface area contributed by atoms with Crippen LogP contribution in [0, 0.1) is 0 Å². The zero-order valence-corrected chi connectivity index (χ0v) is 12.1. The van der Waals surface area contributed by atoms with Gasteiger partial charge >= 0.3 is 0 Å². The molecule has 0 bridgehead atoms. The maximum Gasteiger partial charge on any atom is 0.191 e. The Bertz CT molecular complexity index is 574. The van der Waals surface area contributed by atoms with Crippen LogP contribution >= 0.6 is 11.8 Å². The second-order valence-electron chi connectivity index (χ2n) is 4.13. The lowest BCUT2D eigenvalue weighted by molar-refractivity contribution is -0.114. The fourth-order valence-electron chi connectivity index (χ4n) is 1.71. The number of hydrogen-bond donors (Lipinski definition) is 0. The number of aryl methyl sites for hydroxylation is 1. The van der Waals surface area contributed by atoms with Crippen LogP contribution in [0.3, 0.4) is 0 Å². The first-order valence-electron chi connectivity index (χ1n) is 6.24. The monoisotopic (exact) mass is 279 g/mol. The van der Waals surface area contributed by atoms with Gasteiger partial charge in [0.25, 0.3) is 0 Å². The molecule has 0 amide bonds. The standard InChI is InChI=1S/C12H17N5OS/c1-4-16-7-10(6-13-16)11-14-15-12(17(11)5-2)19-8-9(3)18/h6-7H,4-5,8H2,1-3H3. The van der Waals surface area contributed by atoms with Crippen LogP contribution in [0.25, 0.3) is 11.4 Å². The van der Waals surface area contributed by atoms with Crippen molar-refractivity contribution < 1.29 is 4.79 Å². The van der Waals surface area contributed by atoms with Crippen molar-refractivity contribution in [2.75, 3.05) is 5.75 Å². The quantitative estimate of drug-likeness (QED) is 0.755. The topological polar surface area (TPSA) is 65.6 Å². The van der Waals surface area contributed by atoms with Gasteiger partial charge in [-0.3, -0.25) is 9.48 Å². The molecule has 2 aromatic heterocycles. The first-order chi connectivity index (χ1) is 9.15. The Labute approximate surface area is 116 Å². The first-order valence-corrected chi connectivity index (χ1v) is 7.22. The van der Waals surface area contributed by atoms with Gasteiger partial charge in [-0.25, -0.2) is 0 Å². The molecular formula is C12H17N5OS. The summed E-state index contributed by atoms with van der Waals surface area (Å²) in [5, 5.41) is 13.4. The molecule has 7 heteroatoms. The molecule has 2 heterocycles. The Morgan fingerprint density at radius 3 is 2.68 bits per heavy atom. The van der Waals surface area contributed by atoms with Crippen molar-refractivity contribution in [3.05, 3.63) is 12.4 Å². The molecule has 0 saturated carbocycles. The van der Waals surface area contributed by atoms with Crippen LogP contribution in [-0.4, -0.2) is 36.1 Å². The summed E-state index contributed by atoms with van der Waals surface area (Å²) < 4.78 is 3.86. The highest BCUT2D eigenvalue weighted by Gasteiger charge is 2.14. The smallest absolute Gasteiger partial charge is 0.191 e. The molecule has 0 unspecified atom stereocenters. The van der Waals surface area contributed by atoms with Gasteiger partial charge in [0, 0.05) is 19.3 Å². The van der Waals surface area contributed by atoms with Gasteiger partial charge in [0.1, 0.15) is 5.78 Å². The normalized spacial score (nSPS) is 10.9. The van der Waals surface area contributed by atoms with Crippen molar-refractivity contribution in [1.82, 2.24) is 24.5 Å². The summed E-state index contributed by atoms with van der Waals surface area (Å²) in [5.74, 6) is 1.36. The predicted octanol–water partition coefficient (Wildman–Crippen LogP) is 1.86. The van der Waals surface area contributed by atoms with Gasteiger partial charge in [0.15, 0.2) is 11.0 Å². The van der Waals surface area contributed by atoms with Gasteiger partial charge in [-0.2, -0.15) is 5.10 Å². The highest BCUT2D eigenvalue weighted by atomic mass is 32.2. The van der Waals surface area contributed by atoms with Crippen molar-refractivity contribution >= 4 is 17.5 Å². The Morgan fingerprint density at radius 2 is 2.11 bits per heavy atom. The largest absolute Gasteiger partial charge is 0.302 e. The summed E-state index contributed by atoms with van der Waals surface area (Å²) in [7, 11) is 0. The van der Waals surface area contributed by atoms with Gasteiger partial charge in [-0.05, 0) is 20.8 Å². The van der Waals surface area contributed by atoms with E-state index in [1.807, 2.05) is 29.3 Å². The summed E-state index contributed by atoms with van der Waals surface area (Å²) in [4.78, 5) is 11.0. The third kappa shape index (κ3) is 3.04. The number of ketones is 1. The maximum absolute atomic E-state index is 11.0. The van der Waals surface area contributed by atoms with Crippen LogP contribution in [0.15, 0.2) is 17.6 Å². The van der Waals surface area contributed by atoms with E-state index in [1.54, 1.807) is 13.1 Å². The summed E-state index contributed by atoms with van der Waals surface area (Å²) in [6.07, 6.45) is 3.74. The van der Waals surface area contributed by atoms with Gasteiger partial charge in [0.2, 0.25) is 0 Å².